The summed E-state index contributed by atoms with van der Waals surface area (Å²) in [6.07, 6.45) is 0. The number of benzene rings is 4. The minimum atomic E-state index is -0.447. The van der Waals surface area contributed by atoms with Crippen molar-refractivity contribution in [3.05, 3.63) is 118 Å². The Morgan fingerprint density at radius 2 is 1.69 bits per heavy atom. The maximum atomic E-state index is 13.3. The fourth-order valence-corrected chi connectivity index (χ4v) is 5.43. The van der Waals surface area contributed by atoms with Crippen molar-refractivity contribution >= 4 is 60.0 Å². The molecule has 0 saturated carbocycles. The number of rotatable bonds is 4. The molecule has 0 radical (unpaired) electrons. The number of amides is 1. The van der Waals surface area contributed by atoms with Crippen molar-refractivity contribution in [2.24, 2.45) is 0 Å². The van der Waals surface area contributed by atoms with E-state index in [1.54, 1.807) is 47.7 Å². The number of fused-ring (bicyclic) bond motifs is 2. The Bertz CT molecular complexity index is 1810. The van der Waals surface area contributed by atoms with E-state index in [0.29, 0.717) is 28.0 Å². The number of carbonyl (C=O) groups excluding carboxylic acids is 1. The maximum absolute atomic E-state index is 13.3. The van der Waals surface area contributed by atoms with Crippen LogP contribution in [0.1, 0.15) is 10.4 Å². The molecule has 0 unspecified atom stereocenters. The molecule has 2 aromatic heterocycles. The van der Waals surface area contributed by atoms with Crippen LogP contribution >= 0.6 is 27.3 Å². The summed E-state index contributed by atoms with van der Waals surface area (Å²) >= 11 is 5.10. The van der Waals surface area contributed by atoms with Gasteiger partial charge in [0, 0.05) is 21.0 Å². The molecule has 0 spiro atoms. The van der Waals surface area contributed by atoms with Gasteiger partial charge in [0.25, 0.3) is 5.91 Å². The summed E-state index contributed by atoms with van der Waals surface area (Å²) in [7, 11) is 0. The van der Waals surface area contributed by atoms with Crippen LogP contribution in [0.2, 0.25) is 0 Å². The molecular weight excluding hydrogens is 536 g/mol. The van der Waals surface area contributed by atoms with Gasteiger partial charge in [0.2, 0.25) is 0 Å². The molecule has 0 bridgehead atoms. The zero-order valence-electron chi connectivity index (χ0n) is 18.7. The number of carbonyl (C=O) groups is 1. The summed E-state index contributed by atoms with van der Waals surface area (Å²) in [5.74, 6) is -0.285. The lowest BCUT2D eigenvalue weighted by Crippen LogP contribution is -2.13. The Morgan fingerprint density at radius 1 is 0.861 bits per heavy atom. The van der Waals surface area contributed by atoms with Gasteiger partial charge in [-0.25, -0.2) is 9.78 Å². The first-order chi connectivity index (χ1) is 17.5. The number of thiazole rings is 1. The first-order valence-corrected chi connectivity index (χ1v) is 12.8. The number of aromatic nitrogens is 1. The average Bonchev–Trinajstić information content (AvgIpc) is 3.33. The van der Waals surface area contributed by atoms with Gasteiger partial charge in [-0.3, -0.25) is 4.79 Å². The normalized spacial score (nSPS) is 11.1. The van der Waals surface area contributed by atoms with Crippen LogP contribution in [0.5, 0.6) is 0 Å². The van der Waals surface area contributed by atoms with E-state index in [2.05, 4.69) is 21.2 Å². The van der Waals surface area contributed by atoms with E-state index in [1.807, 2.05) is 60.7 Å². The third-order valence-electron chi connectivity index (χ3n) is 5.83. The second kappa shape index (κ2) is 9.18. The summed E-state index contributed by atoms with van der Waals surface area (Å²) in [6, 6.07) is 29.7. The second-order valence-corrected chi connectivity index (χ2v) is 10.1. The largest absolute Gasteiger partial charge is 0.422 e. The lowest BCUT2D eigenvalue weighted by atomic mass is 10.0. The van der Waals surface area contributed by atoms with Crippen molar-refractivity contribution in [2.75, 3.05) is 5.32 Å². The lowest BCUT2D eigenvalue weighted by molar-refractivity contribution is 0.102. The van der Waals surface area contributed by atoms with Crippen molar-refractivity contribution < 1.29 is 9.21 Å². The Kier molecular flexibility index (Phi) is 5.71. The van der Waals surface area contributed by atoms with E-state index in [-0.39, 0.29) is 5.91 Å². The SMILES string of the molecule is O=C(Nc1ccc(Br)cc1-c1nc2ccccc2s1)c1cccc(-c2cc3ccccc3oc2=O)c1. The highest BCUT2D eigenvalue weighted by atomic mass is 79.9. The first-order valence-electron chi connectivity index (χ1n) is 11.2. The van der Waals surface area contributed by atoms with E-state index < -0.39 is 5.63 Å². The van der Waals surface area contributed by atoms with E-state index in [9.17, 15) is 9.59 Å². The summed E-state index contributed by atoms with van der Waals surface area (Å²) in [4.78, 5) is 30.7. The Balaban J connectivity index is 1.35. The molecule has 0 aliphatic carbocycles. The van der Waals surface area contributed by atoms with Gasteiger partial charge in [0.15, 0.2) is 0 Å². The number of hydrogen-bond donors (Lipinski definition) is 1. The number of anilines is 1. The molecular formula is C29H17BrN2O3S. The molecule has 36 heavy (non-hydrogen) atoms. The highest BCUT2D eigenvalue weighted by Gasteiger charge is 2.16. The van der Waals surface area contributed by atoms with E-state index in [4.69, 9.17) is 9.40 Å². The summed E-state index contributed by atoms with van der Waals surface area (Å²) in [5, 5.41) is 4.66. The zero-order chi connectivity index (χ0) is 24.6. The lowest BCUT2D eigenvalue weighted by Gasteiger charge is -2.11. The van der Waals surface area contributed by atoms with Crippen LogP contribution < -0.4 is 10.9 Å². The zero-order valence-corrected chi connectivity index (χ0v) is 21.1. The average molecular weight is 553 g/mol. The molecule has 2 heterocycles. The van der Waals surface area contributed by atoms with Crippen LogP contribution in [-0.4, -0.2) is 10.9 Å². The fourth-order valence-electron chi connectivity index (χ4n) is 4.08. The van der Waals surface area contributed by atoms with Gasteiger partial charge in [0.05, 0.1) is 21.5 Å². The Hall–Kier alpha value is -4.07. The van der Waals surface area contributed by atoms with Crippen molar-refractivity contribution in [1.29, 1.82) is 0 Å². The van der Waals surface area contributed by atoms with Crippen LogP contribution in [0, 0.1) is 0 Å². The molecule has 0 aliphatic heterocycles. The van der Waals surface area contributed by atoms with Crippen molar-refractivity contribution in [3.63, 3.8) is 0 Å². The standard InChI is InChI=1S/C29H17BrN2O3S/c30-20-12-13-23(22(16-20)28-32-24-9-2-4-11-26(24)36-28)31-27(33)19-8-5-7-17(14-19)21-15-18-6-1-3-10-25(18)35-29(21)34/h1-16H,(H,31,33). The Labute approximate surface area is 218 Å². The molecule has 174 valence electrons. The van der Waals surface area contributed by atoms with Gasteiger partial charge >= 0.3 is 5.63 Å². The second-order valence-electron chi connectivity index (χ2n) is 8.20. The van der Waals surface area contributed by atoms with Gasteiger partial charge in [0.1, 0.15) is 10.6 Å². The minimum absolute atomic E-state index is 0.285. The van der Waals surface area contributed by atoms with Gasteiger partial charge in [-0.05, 0) is 60.2 Å². The number of nitrogens with zero attached hydrogens (tertiary/aromatic N) is 1. The third-order valence-corrected chi connectivity index (χ3v) is 7.39. The topological polar surface area (TPSA) is 72.2 Å². The number of nitrogens with one attached hydrogen (secondary N) is 1. The Morgan fingerprint density at radius 3 is 2.58 bits per heavy atom. The van der Waals surface area contributed by atoms with Gasteiger partial charge in [-0.2, -0.15) is 0 Å². The molecule has 1 amide bonds. The molecule has 6 rings (SSSR count). The molecule has 0 saturated heterocycles. The summed E-state index contributed by atoms with van der Waals surface area (Å²) in [6.45, 7) is 0. The molecule has 7 heteroatoms. The highest BCUT2D eigenvalue weighted by Crippen LogP contribution is 2.36. The van der Waals surface area contributed by atoms with E-state index in [1.165, 1.54) is 0 Å². The maximum Gasteiger partial charge on any atom is 0.344 e. The number of halogens is 1. The third kappa shape index (κ3) is 4.23. The van der Waals surface area contributed by atoms with Crippen molar-refractivity contribution in [2.45, 2.75) is 0 Å². The number of hydrogen-bond acceptors (Lipinski definition) is 5. The van der Waals surface area contributed by atoms with E-state index in [0.717, 1.165) is 30.6 Å². The van der Waals surface area contributed by atoms with Crippen molar-refractivity contribution in [3.8, 4) is 21.7 Å². The molecule has 4 aromatic carbocycles. The quantitative estimate of drug-likeness (QED) is 0.227. The molecule has 0 aliphatic rings. The summed E-state index contributed by atoms with van der Waals surface area (Å²) < 4.78 is 7.44. The van der Waals surface area contributed by atoms with Crippen molar-refractivity contribution in [1.82, 2.24) is 4.98 Å². The predicted molar refractivity (Wildman–Crippen MR) is 149 cm³/mol. The van der Waals surface area contributed by atoms with Gasteiger partial charge < -0.3 is 9.73 Å². The smallest absolute Gasteiger partial charge is 0.344 e. The molecule has 5 nitrogen and oxygen atoms in total. The fraction of sp³-hybridized carbons (Fsp3) is 0. The number of para-hydroxylation sites is 2. The molecule has 0 fully saturated rings. The predicted octanol–water partition coefficient (Wildman–Crippen LogP) is 7.75. The van der Waals surface area contributed by atoms with Crippen LogP contribution in [0.25, 0.3) is 42.9 Å². The minimum Gasteiger partial charge on any atom is -0.422 e. The van der Waals surface area contributed by atoms with Crippen LogP contribution in [0.3, 0.4) is 0 Å². The monoisotopic (exact) mass is 552 g/mol. The van der Waals surface area contributed by atoms with Gasteiger partial charge in [-0.15, -0.1) is 11.3 Å². The van der Waals surface area contributed by atoms with Gasteiger partial charge in [-0.1, -0.05) is 58.4 Å². The highest BCUT2D eigenvalue weighted by molar-refractivity contribution is 9.10. The van der Waals surface area contributed by atoms with Crippen LogP contribution in [-0.2, 0) is 0 Å². The molecule has 1 N–H and O–H groups in total. The van der Waals surface area contributed by atoms with E-state index >= 15 is 0 Å². The molecule has 0 atom stereocenters. The van der Waals surface area contributed by atoms with Crippen LogP contribution in [0.4, 0.5) is 5.69 Å². The summed E-state index contributed by atoms with van der Waals surface area (Å²) in [5.41, 5.74) is 3.92. The van der Waals surface area contributed by atoms with Crippen LogP contribution in [0.15, 0.2) is 111 Å². The molecule has 6 aromatic rings. The first kappa shape index (κ1) is 22.4.